The number of carboxylic acid groups (broad SMARTS) is 1. The number of aromatic nitrogens is 1. The fourth-order valence-corrected chi connectivity index (χ4v) is 2.54. The van der Waals surface area contributed by atoms with Crippen LogP contribution in [-0.2, 0) is 4.79 Å². The highest BCUT2D eigenvalue weighted by Crippen LogP contribution is 2.18. The third-order valence-corrected chi connectivity index (χ3v) is 3.83. The summed E-state index contributed by atoms with van der Waals surface area (Å²) in [6.07, 6.45) is 5.37. The summed E-state index contributed by atoms with van der Waals surface area (Å²) >= 11 is 0. The van der Waals surface area contributed by atoms with Crippen molar-refractivity contribution in [1.82, 2.24) is 9.88 Å². The van der Waals surface area contributed by atoms with E-state index >= 15 is 0 Å². The predicted molar refractivity (Wildman–Crippen MR) is 85.0 cm³/mol. The Morgan fingerprint density at radius 1 is 1.55 bits per heavy atom. The van der Waals surface area contributed by atoms with Crippen LogP contribution >= 0.6 is 0 Å². The second kappa shape index (κ2) is 8.99. The molecule has 22 heavy (non-hydrogen) atoms. The number of rotatable bonds is 4. The summed E-state index contributed by atoms with van der Waals surface area (Å²) in [5.41, 5.74) is 5.66. The molecule has 1 aliphatic rings. The van der Waals surface area contributed by atoms with Gasteiger partial charge in [-0.2, -0.15) is 0 Å². The Balaban J connectivity index is 0.000000745. The lowest BCUT2D eigenvalue weighted by Crippen LogP contribution is -2.43. The van der Waals surface area contributed by atoms with Crippen LogP contribution in [0.25, 0.3) is 0 Å². The average Bonchev–Trinajstić information content (AvgIpc) is 2.50. The first-order valence-corrected chi connectivity index (χ1v) is 7.24. The number of primary amides is 1. The van der Waals surface area contributed by atoms with Crippen LogP contribution in [0.5, 0.6) is 0 Å². The zero-order valence-electron chi connectivity index (χ0n) is 13.1. The second-order valence-corrected chi connectivity index (χ2v) is 5.39. The molecule has 1 aromatic rings. The SMILES string of the molecule is CN(CC1CCCCN1C)c1ccc(C(N)=O)cn1.O=CO. The third-order valence-electron chi connectivity index (χ3n) is 3.83. The molecule has 2 rings (SSSR count). The van der Waals surface area contributed by atoms with Crippen molar-refractivity contribution in [1.29, 1.82) is 0 Å². The Kier molecular flexibility index (Phi) is 7.31. The summed E-state index contributed by atoms with van der Waals surface area (Å²) in [5, 5.41) is 6.89. The first kappa shape index (κ1) is 17.9. The summed E-state index contributed by atoms with van der Waals surface area (Å²) in [6.45, 7) is 1.88. The van der Waals surface area contributed by atoms with Crippen molar-refractivity contribution < 1.29 is 14.7 Å². The smallest absolute Gasteiger partial charge is 0.290 e. The number of piperidine rings is 1. The molecule has 7 heteroatoms. The van der Waals surface area contributed by atoms with Gasteiger partial charge in [0.25, 0.3) is 6.47 Å². The van der Waals surface area contributed by atoms with Crippen LogP contribution in [0.3, 0.4) is 0 Å². The van der Waals surface area contributed by atoms with Crippen LogP contribution in [0, 0.1) is 0 Å². The van der Waals surface area contributed by atoms with Crippen molar-refractivity contribution in [3.8, 4) is 0 Å². The standard InChI is InChI=1S/C14H22N4O.CH2O2/c1-17-8-4-3-5-12(17)10-18(2)13-7-6-11(9-16-13)14(15)19;2-1-3/h6-7,9,12H,3-5,8,10H2,1-2H3,(H2,15,19);1H,(H,2,3). The Morgan fingerprint density at radius 2 is 2.23 bits per heavy atom. The van der Waals surface area contributed by atoms with E-state index in [9.17, 15) is 4.79 Å². The van der Waals surface area contributed by atoms with Crippen LogP contribution in [-0.4, -0.2) is 60.6 Å². The van der Waals surface area contributed by atoms with Gasteiger partial charge in [0.05, 0.1) is 5.56 Å². The maximum atomic E-state index is 11.0. The van der Waals surface area contributed by atoms with Gasteiger partial charge >= 0.3 is 0 Å². The van der Waals surface area contributed by atoms with E-state index in [-0.39, 0.29) is 6.47 Å². The number of likely N-dealkylation sites (tertiary alicyclic amines) is 1. The van der Waals surface area contributed by atoms with Crippen molar-refractivity contribution in [2.75, 3.05) is 32.1 Å². The lowest BCUT2D eigenvalue weighted by molar-refractivity contribution is -0.122. The Hall–Kier alpha value is -2.15. The molecule has 1 saturated heterocycles. The lowest BCUT2D eigenvalue weighted by atomic mass is 10.0. The molecule has 2 heterocycles. The van der Waals surface area contributed by atoms with E-state index in [0.717, 1.165) is 12.4 Å². The summed E-state index contributed by atoms with van der Waals surface area (Å²) in [6, 6.07) is 4.16. The number of likely N-dealkylation sites (N-methyl/N-ethyl adjacent to an activating group) is 2. The number of anilines is 1. The predicted octanol–water partition coefficient (Wildman–Crippen LogP) is 0.802. The van der Waals surface area contributed by atoms with E-state index in [4.69, 9.17) is 15.6 Å². The van der Waals surface area contributed by atoms with Gasteiger partial charge in [0.15, 0.2) is 0 Å². The minimum absolute atomic E-state index is 0.250. The molecule has 0 aromatic carbocycles. The molecular weight excluding hydrogens is 284 g/mol. The molecule has 1 atom stereocenters. The van der Waals surface area contributed by atoms with E-state index in [1.165, 1.54) is 25.8 Å². The Morgan fingerprint density at radius 3 is 2.73 bits per heavy atom. The molecule has 0 spiro atoms. The zero-order valence-corrected chi connectivity index (χ0v) is 13.1. The fraction of sp³-hybridized carbons (Fsp3) is 0.533. The van der Waals surface area contributed by atoms with Crippen LogP contribution < -0.4 is 10.6 Å². The number of hydrogen-bond donors (Lipinski definition) is 2. The number of hydrogen-bond acceptors (Lipinski definition) is 5. The molecule has 0 radical (unpaired) electrons. The van der Waals surface area contributed by atoms with Gasteiger partial charge in [-0.25, -0.2) is 4.98 Å². The van der Waals surface area contributed by atoms with Gasteiger partial charge in [-0.3, -0.25) is 9.59 Å². The van der Waals surface area contributed by atoms with E-state index < -0.39 is 5.91 Å². The summed E-state index contributed by atoms with van der Waals surface area (Å²) < 4.78 is 0. The fourth-order valence-electron chi connectivity index (χ4n) is 2.54. The first-order chi connectivity index (χ1) is 10.5. The topological polar surface area (TPSA) is 99.8 Å². The van der Waals surface area contributed by atoms with Crippen molar-refractivity contribution in [3.05, 3.63) is 23.9 Å². The van der Waals surface area contributed by atoms with Crippen LogP contribution in [0.15, 0.2) is 18.3 Å². The monoisotopic (exact) mass is 308 g/mol. The zero-order chi connectivity index (χ0) is 16.5. The molecule has 1 unspecified atom stereocenters. The number of amides is 1. The molecule has 0 saturated carbocycles. The quantitative estimate of drug-likeness (QED) is 0.798. The number of nitrogens with zero attached hydrogens (tertiary/aromatic N) is 3. The van der Waals surface area contributed by atoms with Gasteiger partial charge in [-0.05, 0) is 38.6 Å². The molecule has 1 fully saturated rings. The van der Waals surface area contributed by atoms with Gasteiger partial charge < -0.3 is 20.6 Å². The van der Waals surface area contributed by atoms with Gasteiger partial charge in [0, 0.05) is 25.8 Å². The number of nitrogens with two attached hydrogens (primary N) is 1. The minimum Gasteiger partial charge on any atom is -0.483 e. The van der Waals surface area contributed by atoms with Crippen LogP contribution in [0.4, 0.5) is 5.82 Å². The van der Waals surface area contributed by atoms with Crippen LogP contribution in [0.2, 0.25) is 0 Å². The van der Waals surface area contributed by atoms with Crippen molar-refractivity contribution in [2.24, 2.45) is 5.73 Å². The van der Waals surface area contributed by atoms with Crippen LogP contribution in [0.1, 0.15) is 29.6 Å². The normalized spacial score (nSPS) is 18.0. The Labute approximate surface area is 130 Å². The summed E-state index contributed by atoms with van der Waals surface area (Å²) in [5.74, 6) is 0.442. The maximum Gasteiger partial charge on any atom is 0.290 e. The largest absolute Gasteiger partial charge is 0.483 e. The third kappa shape index (κ3) is 5.33. The molecule has 3 N–H and O–H groups in total. The lowest BCUT2D eigenvalue weighted by Gasteiger charge is -2.35. The molecule has 7 nitrogen and oxygen atoms in total. The molecule has 1 amide bonds. The molecule has 1 aromatic heterocycles. The second-order valence-electron chi connectivity index (χ2n) is 5.39. The van der Waals surface area contributed by atoms with E-state index in [0.29, 0.717) is 11.6 Å². The van der Waals surface area contributed by atoms with Crippen molar-refractivity contribution in [3.63, 3.8) is 0 Å². The molecule has 1 aliphatic heterocycles. The van der Waals surface area contributed by atoms with Gasteiger partial charge in [-0.1, -0.05) is 6.42 Å². The highest BCUT2D eigenvalue weighted by atomic mass is 16.3. The summed E-state index contributed by atoms with van der Waals surface area (Å²) in [4.78, 5) is 28.2. The molecular formula is C15H24N4O3. The van der Waals surface area contributed by atoms with Gasteiger partial charge in [0.2, 0.25) is 5.91 Å². The molecule has 0 bridgehead atoms. The van der Waals surface area contributed by atoms with Crippen molar-refractivity contribution >= 4 is 18.2 Å². The van der Waals surface area contributed by atoms with Crippen molar-refractivity contribution in [2.45, 2.75) is 25.3 Å². The Bertz CT molecular complexity index is 478. The highest BCUT2D eigenvalue weighted by molar-refractivity contribution is 5.92. The first-order valence-electron chi connectivity index (χ1n) is 7.24. The highest BCUT2D eigenvalue weighted by Gasteiger charge is 2.20. The summed E-state index contributed by atoms with van der Waals surface area (Å²) in [7, 11) is 4.22. The van der Waals surface area contributed by atoms with E-state index in [2.05, 4.69) is 21.8 Å². The maximum absolute atomic E-state index is 11.0. The number of carbonyl (C=O) groups excluding carboxylic acids is 1. The van der Waals surface area contributed by atoms with Gasteiger partial charge in [0.1, 0.15) is 5.82 Å². The van der Waals surface area contributed by atoms with E-state index in [1.54, 1.807) is 12.3 Å². The molecule has 122 valence electrons. The average molecular weight is 308 g/mol. The number of carbonyl (C=O) groups is 2. The van der Waals surface area contributed by atoms with E-state index in [1.807, 2.05) is 13.1 Å². The molecule has 0 aliphatic carbocycles. The number of pyridine rings is 1. The van der Waals surface area contributed by atoms with Gasteiger partial charge in [-0.15, -0.1) is 0 Å². The minimum atomic E-state index is -0.436.